The maximum Gasteiger partial charge on any atom is 0.261 e. The number of amides is 2. The van der Waals surface area contributed by atoms with E-state index in [-0.39, 0.29) is 18.4 Å². The fourth-order valence-electron chi connectivity index (χ4n) is 2.02. The first kappa shape index (κ1) is 13.1. The average molecular weight is 266 g/mol. The number of hydrogen-bond acceptors (Lipinski definition) is 3. The zero-order valence-corrected chi connectivity index (χ0v) is 11.4. The molecule has 1 aromatic heterocycles. The highest BCUT2D eigenvalue weighted by atomic mass is 32.1. The smallest absolute Gasteiger partial charge is 0.261 e. The lowest BCUT2D eigenvalue weighted by atomic mass is 10.2. The van der Waals surface area contributed by atoms with Crippen molar-refractivity contribution >= 4 is 23.2 Å². The number of hydrogen-bond donors (Lipinski definition) is 2. The largest absolute Gasteiger partial charge is 0.355 e. The van der Waals surface area contributed by atoms with E-state index in [9.17, 15) is 9.59 Å². The average Bonchev–Trinajstić information content (AvgIpc) is 2.93. The number of carbonyl (C=O) groups excluding carboxylic acids is 2. The van der Waals surface area contributed by atoms with E-state index in [0.29, 0.717) is 6.54 Å². The molecule has 98 valence electrons. The molecular weight excluding hydrogens is 248 g/mol. The minimum atomic E-state index is -0.138. The van der Waals surface area contributed by atoms with Crippen molar-refractivity contribution in [3.8, 4) is 0 Å². The SMILES string of the molecule is CCCNC(=O)CNC(=O)c1cc2c(s1)CCC2. The van der Waals surface area contributed by atoms with E-state index in [0.717, 1.165) is 24.1 Å². The predicted molar refractivity (Wildman–Crippen MR) is 72.0 cm³/mol. The van der Waals surface area contributed by atoms with E-state index < -0.39 is 0 Å². The lowest BCUT2D eigenvalue weighted by molar-refractivity contribution is -0.120. The second-order valence-corrected chi connectivity index (χ2v) is 5.58. The van der Waals surface area contributed by atoms with Gasteiger partial charge >= 0.3 is 0 Å². The lowest BCUT2D eigenvalue weighted by Crippen LogP contribution is -2.36. The Kier molecular flexibility index (Phi) is 4.36. The molecule has 1 aliphatic rings. The van der Waals surface area contributed by atoms with Crippen molar-refractivity contribution in [3.05, 3.63) is 21.4 Å². The van der Waals surface area contributed by atoms with Gasteiger partial charge in [-0.25, -0.2) is 0 Å². The van der Waals surface area contributed by atoms with Crippen LogP contribution >= 0.6 is 11.3 Å². The van der Waals surface area contributed by atoms with Gasteiger partial charge in [-0.1, -0.05) is 6.92 Å². The van der Waals surface area contributed by atoms with Gasteiger partial charge in [-0.2, -0.15) is 0 Å². The number of nitrogens with one attached hydrogen (secondary N) is 2. The third-order valence-corrected chi connectivity index (χ3v) is 4.19. The summed E-state index contributed by atoms with van der Waals surface area (Å²) in [5.41, 5.74) is 1.31. The molecule has 1 aromatic rings. The molecule has 2 N–H and O–H groups in total. The Balaban J connectivity index is 1.82. The van der Waals surface area contributed by atoms with Crippen molar-refractivity contribution in [2.75, 3.05) is 13.1 Å². The zero-order valence-electron chi connectivity index (χ0n) is 10.5. The van der Waals surface area contributed by atoms with Crippen LogP contribution in [0.2, 0.25) is 0 Å². The van der Waals surface area contributed by atoms with E-state index in [1.807, 2.05) is 13.0 Å². The molecule has 0 spiro atoms. The van der Waals surface area contributed by atoms with E-state index in [1.54, 1.807) is 11.3 Å². The van der Waals surface area contributed by atoms with Crippen LogP contribution in [0.4, 0.5) is 0 Å². The number of rotatable bonds is 5. The van der Waals surface area contributed by atoms with Crippen LogP contribution in [0.15, 0.2) is 6.07 Å². The summed E-state index contributed by atoms with van der Waals surface area (Å²) >= 11 is 1.56. The van der Waals surface area contributed by atoms with Gasteiger partial charge in [-0.05, 0) is 37.3 Å². The minimum absolute atomic E-state index is 0.0569. The zero-order chi connectivity index (χ0) is 13.0. The molecule has 0 saturated carbocycles. The third-order valence-electron chi connectivity index (χ3n) is 2.95. The molecule has 0 saturated heterocycles. The van der Waals surface area contributed by atoms with Crippen LogP contribution in [-0.2, 0) is 17.6 Å². The number of carbonyl (C=O) groups is 2. The van der Waals surface area contributed by atoms with Gasteiger partial charge in [-0.15, -0.1) is 11.3 Å². The summed E-state index contributed by atoms with van der Waals surface area (Å²) in [6.45, 7) is 2.70. The molecule has 2 rings (SSSR count). The molecule has 1 aliphatic carbocycles. The Morgan fingerprint density at radius 3 is 2.89 bits per heavy atom. The van der Waals surface area contributed by atoms with Crippen molar-refractivity contribution in [1.29, 1.82) is 0 Å². The first-order valence-corrected chi connectivity index (χ1v) is 7.19. The molecule has 0 radical (unpaired) electrons. The second kappa shape index (κ2) is 6.00. The highest BCUT2D eigenvalue weighted by Crippen LogP contribution is 2.30. The van der Waals surface area contributed by atoms with E-state index in [2.05, 4.69) is 10.6 Å². The van der Waals surface area contributed by atoms with Gasteiger partial charge in [0.15, 0.2) is 0 Å². The van der Waals surface area contributed by atoms with Crippen LogP contribution in [0.25, 0.3) is 0 Å². The van der Waals surface area contributed by atoms with Crippen molar-refractivity contribution in [2.45, 2.75) is 32.6 Å². The van der Waals surface area contributed by atoms with Crippen molar-refractivity contribution in [3.63, 3.8) is 0 Å². The molecule has 18 heavy (non-hydrogen) atoms. The quantitative estimate of drug-likeness (QED) is 0.848. The molecule has 0 fully saturated rings. The Bertz CT molecular complexity index is 432. The van der Waals surface area contributed by atoms with E-state index >= 15 is 0 Å². The van der Waals surface area contributed by atoms with E-state index in [1.165, 1.54) is 16.9 Å². The summed E-state index contributed by atoms with van der Waals surface area (Å²) in [7, 11) is 0. The molecule has 0 unspecified atom stereocenters. The molecule has 5 heteroatoms. The molecule has 0 aliphatic heterocycles. The minimum Gasteiger partial charge on any atom is -0.355 e. The van der Waals surface area contributed by atoms with Crippen LogP contribution < -0.4 is 10.6 Å². The summed E-state index contributed by atoms with van der Waals surface area (Å²) in [6, 6.07) is 1.96. The fourth-order valence-corrected chi connectivity index (χ4v) is 3.19. The van der Waals surface area contributed by atoms with Gasteiger partial charge in [-0.3, -0.25) is 9.59 Å². The van der Waals surface area contributed by atoms with Crippen LogP contribution in [0.5, 0.6) is 0 Å². The first-order chi connectivity index (χ1) is 8.70. The highest BCUT2D eigenvalue weighted by Gasteiger charge is 2.18. The van der Waals surface area contributed by atoms with Gasteiger partial charge in [0.2, 0.25) is 5.91 Å². The number of thiophene rings is 1. The van der Waals surface area contributed by atoms with Crippen molar-refractivity contribution in [1.82, 2.24) is 10.6 Å². The van der Waals surface area contributed by atoms with Crippen molar-refractivity contribution in [2.24, 2.45) is 0 Å². The Labute approximate surface area is 111 Å². The Morgan fingerprint density at radius 2 is 2.17 bits per heavy atom. The number of fused-ring (bicyclic) bond motifs is 1. The fraction of sp³-hybridized carbons (Fsp3) is 0.538. The Hall–Kier alpha value is -1.36. The summed E-state index contributed by atoms with van der Waals surface area (Å²) in [6.07, 6.45) is 4.26. The maximum atomic E-state index is 11.8. The van der Waals surface area contributed by atoms with E-state index in [4.69, 9.17) is 0 Å². The predicted octanol–water partition coefficient (Wildman–Crippen LogP) is 1.49. The summed E-state index contributed by atoms with van der Waals surface area (Å²) in [5, 5.41) is 5.38. The van der Waals surface area contributed by atoms with Gasteiger partial charge in [0, 0.05) is 11.4 Å². The van der Waals surface area contributed by atoms with Gasteiger partial charge in [0.05, 0.1) is 11.4 Å². The summed E-state index contributed by atoms with van der Waals surface area (Å²) < 4.78 is 0. The Morgan fingerprint density at radius 1 is 1.33 bits per heavy atom. The molecule has 1 heterocycles. The standard InChI is InChI=1S/C13H18N2O2S/c1-2-6-14-12(16)8-15-13(17)11-7-9-4-3-5-10(9)18-11/h7H,2-6,8H2,1H3,(H,14,16)(H,15,17). The van der Waals surface area contributed by atoms with Gasteiger partial charge in [0.1, 0.15) is 0 Å². The second-order valence-electron chi connectivity index (χ2n) is 4.45. The normalized spacial score (nSPS) is 13.2. The molecule has 2 amide bonds. The summed E-state index contributed by atoms with van der Waals surface area (Å²) in [5.74, 6) is -0.268. The third kappa shape index (κ3) is 3.10. The highest BCUT2D eigenvalue weighted by molar-refractivity contribution is 7.14. The number of aryl methyl sites for hydroxylation is 2. The van der Waals surface area contributed by atoms with Crippen LogP contribution in [0.3, 0.4) is 0 Å². The molecule has 0 atom stereocenters. The lowest BCUT2D eigenvalue weighted by Gasteiger charge is -2.04. The molecule has 4 nitrogen and oxygen atoms in total. The summed E-state index contributed by atoms with van der Waals surface area (Å²) in [4.78, 5) is 25.3. The molecular formula is C13H18N2O2S. The first-order valence-electron chi connectivity index (χ1n) is 6.37. The van der Waals surface area contributed by atoms with Crippen LogP contribution in [0.1, 0.15) is 39.9 Å². The molecule has 0 bridgehead atoms. The monoisotopic (exact) mass is 266 g/mol. The molecule has 0 aromatic carbocycles. The van der Waals surface area contributed by atoms with Crippen LogP contribution in [-0.4, -0.2) is 24.9 Å². The van der Waals surface area contributed by atoms with Crippen molar-refractivity contribution < 1.29 is 9.59 Å². The maximum absolute atomic E-state index is 11.8. The van der Waals surface area contributed by atoms with Crippen LogP contribution in [0, 0.1) is 0 Å². The topological polar surface area (TPSA) is 58.2 Å². The van der Waals surface area contributed by atoms with Gasteiger partial charge in [0.25, 0.3) is 5.91 Å². The van der Waals surface area contributed by atoms with Gasteiger partial charge < -0.3 is 10.6 Å².